The number of carboxylic acid groups (broad SMARTS) is 1. The topological polar surface area (TPSA) is 104 Å². The Kier molecular flexibility index (Phi) is 4.72. The highest BCUT2D eigenvalue weighted by molar-refractivity contribution is 7.89. The zero-order valence-electron chi connectivity index (χ0n) is 11.8. The molecule has 0 aromatic carbocycles. The number of carboxylic acids is 1. The van der Waals surface area contributed by atoms with Gasteiger partial charge in [-0.1, -0.05) is 19.3 Å². The second kappa shape index (κ2) is 6.04. The number of hydrogen-bond acceptors (Lipinski definition) is 5. The van der Waals surface area contributed by atoms with Crippen LogP contribution in [0.3, 0.4) is 0 Å². The van der Waals surface area contributed by atoms with E-state index in [0.717, 1.165) is 30.6 Å². The Morgan fingerprint density at radius 1 is 1.38 bits per heavy atom. The van der Waals surface area contributed by atoms with Crippen molar-refractivity contribution in [2.45, 2.75) is 49.5 Å². The number of aliphatic hydroxyl groups is 1. The van der Waals surface area contributed by atoms with Gasteiger partial charge in [0.2, 0.25) is 10.0 Å². The smallest absolute Gasteiger partial charge is 0.347 e. The van der Waals surface area contributed by atoms with Crippen molar-refractivity contribution >= 4 is 27.3 Å². The molecule has 0 spiro atoms. The third kappa shape index (κ3) is 3.63. The van der Waals surface area contributed by atoms with Crippen molar-refractivity contribution in [1.29, 1.82) is 0 Å². The van der Waals surface area contributed by atoms with Crippen molar-refractivity contribution in [1.82, 2.24) is 4.72 Å². The fraction of sp³-hybridized carbons (Fsp3) is 0.615. The number of thiophene rings is 1. The Labute approximate surface area is 127 Å². The van der Waals surface area contributed by atoms with E-state index in [1.165, 1.54) is 5.38 Å². The van der Waals surface area contributed by atoms with Crippen LogP contribution in [0, 0.1) is 6.92 Å². The summed E-state index contributed by atoms with van der Waals surface area (Å²) in [5.74, 6) is -1.26. The molecule has 2 rings (SSSR count). The van der Waals surface area contributed by atoms with Gasteiger partial charge in [0, 0.05) is 6.54 Å². The molecule has 0 radical (unpaired) electrons. The summed E-state index contributed by atoms with van der Waals surface area (Å²) in [7, 11) is -3.94. The Morgan fingerprint density at radius 3 is 2.57 bits per heavy atom. The lowest BCUT2D eigenvalue weighted by Gasteiger charge is -2.32. The van der Waals surface area contributed by atoms with Gasteiger partial charge < -0.3 is 10.2 Å². The molecule has 6 nitrogen and oxygen atoms in total. The van der Waals surface area contributed by atoms with E-state index in [2.05, 4.69) is 4.72 Å². The van der Waals surface area contributed by atoms with E-state index in [9.17, 15) is 18.3 Å². The largest absolute Gasteiger partial charge is 0.477 e. The average Bonchev–Trinajstić information content (AvgIpc) is 2.81. The molecule has 21 heavy (non-hydrogen) atoms. The third-order valence-electron chi connectivity index (χ3n) is 3.76. The molecule has 0 atom stereocenters. The Morgan fingerprint density at radius 2 is 2.00 bits per heavy atom. The predicted octanol–water partition coefficient (Wildman–Crippen LogP) is 1.73. The number of rotatable bonds is 5. The van der Waals surface area contributed by atoms with E-state index in [4.69, 9.17) is 5.11 Å². The highest BCUT2D eigenvalue weighted by Gasteiger charge is 2.33. The minimum atomic E-state index is -3.94. The van der Waals surface area contributed by atoms with Crippen molar-refractivity contribution in [2.75, 3.05) is 6.54 Å². The number of aromatic carboxylic acids is 1. The van der Waals surface area contributed by atoms with Crippen LogP contribution in [-0.4, -0.2) is 36.7 Å². The molecule has 1 aromatic heterocycles. The first kappa shape index (κ1) is 16.4. The molecule has 0 bridgehead atoms. The third-order valence-corrected chi connectivity index (χ3v) is 6.56. The van der Waals surface area contributed by atoms with Crippen LogP contribution in [0.25, 0.3) is 0 Å². The van der Waals surface area contributed by atoms with Crippen LogP contribution in [0.2, 0.25) is 0 Å². The van der Waals surface area contributed by atoms with Crippen LogP contribution in [0.1, 0.15) is 47.3 Å². The number of nitrogens with one attached hydrogen (secondary N) is 1. The predicted molar refractivity (Wildman–Crippen MR) is 79.2 cm³/mol. The van der Waals surface area contributed by atoms with Gasteiger partial charge in [-0.3, -0.25) is 0 Å². The van der Waals surface area contributed by atoms with Crippen molar-refractivity contribution in [2.24, 2.45) is 0 Å². The van der Waals surface area contributed by atoms with Gasteiger partial charge >= 0.3 is 5.97 Å². The summed E-state index contributed by atoms with van der Waals surface area (Å²) in [5.41, 5.74) is -0.626. The molecule has 0 amide bonds. The van der Waals surface area contributed by atoms with Crippen LogP contribution in [0.5, 0.6) is 0 Å². The van der Waals surface area contributed by atoms with Crippen LogP contribution in [-0.2, 0) is 10.0 Å². The number of hydrogen-bond donors (Lipinski definition) is 3. The molecular weight excluding hydrogens is 314 g/mol. The lowest BCUT2D eigenvalue weighted by Crippen LogP contribution is -2.44. The van der Waals surface area contributed by atoms with Gasteiger partial charge in [-0.2, -0.15) is 0 Å². The summed E-state index contributed by atoms with van der Waals surface area (Å²) in [6.45, 7) is 1.48. The summed E-state index contributed by atoms with van der Waals surface area (Å²) in [4.78, 5) is 10.7. The van der Waals surface area contributed by atoms with Crippen LogP contribution in [0.4, 0.5) is 0 Å². The maximum atomic E-state index is 12.3. The van der Waals surface area contributed by atoms with E-state index >= 15 is 0 Å². The molecule has 0 aliphatic heterocycles. The molecule has 1 aromatic rings. The fourth-order valence-corrected chi connectivity index (χ4v) is 5.35. The van der Waals surface area contributed by atoms with Crippen LogP contribution >= 0.6 is 11.3 Å². The summed E-state index contributed by atoms with van der Waals surface area (Å²) in [5, 5.41) is 20.9. The monoisotopic (exact) mass is 333 g/mol. The maximum absolute atomic E-state index is 12.3. The molecule has 1 aliphatic carbocycles. The van der Waals surface area contributed by atoms with Gasteiger partial charge in [-0.05, 0) is 30.7 Å². The first-order chi connectivity index (χ1) is 9.75. The lowest BCUT2D eigenvalue weighted by atomic mass is 9.85. The Bertz CT molecular complexity index is 629. The molecule has 3 N–H and O–H groups in total. The zero-order chi connectivity index (χ0) is 15.7. The summed E-state index contributed by atoms with van der Waals surface area (Å²) >= 11 is 0.890. The molecule has 118 valence electrons. The number of aryl methyl sites for hydroxylation is 1. The maximum Gasteiger partial charge on any atom is 0.347 e. The molecule has 1 fully saturated rings. The molecule has 0 saturated heterocycles. The van der Waals surface area contributed by atoms with Crippen molar-refractivity contribution in [3.05, 3.63) is 15.8 Å². The number of carbonyl (C=O) groups is 1. The van der Waals surface area contributed by atoms with E-state index in [1.54, 1.807) is 6.92 Å². The Hall–Kier alpha value is -0.960. The quantitative estimate of drug-likeness (QED) is 0.761. The van der Waals surface area contributed by atoms with Crippen LogP contribution in [0.15, 0.2) is 10.3 Å². The van der Waals surface area contributed by atoms with Gasteiger partial charge in [0.1, 0.15) is 9.77 Å². The summed E-state index contributed by atoms with van der Waals surface area (Å²) in [6.07, 6.45) is 3.90. The molecule has 1 aliphatic rings. The molecule has 8 heteroatoms. The van der Waals surface area contributed by atoms with E-state index in [1.807, 2.05) is 0 Å². The summed E-state index contributed by atoms with van der Waals surface area (Å²) in [6, 6.07) is 0. The molecule has 0 unspecified atom stereocenters. The molecule has 1 saturated carbocycles. The lowest BCUT2D eigenvalue weighted by molar-refractivity contribution is 0.00945. The Balaban J connectivity index is 2.19. The highest BCUT2D eigenvalue weighted by atomic mass is 32.2. The van der Waals surface area contributed by atoms with Crippen molar-refractivity contribution in [3.8, 4) is 0 Å². The van der Waals surface area contributed by atoms with Crippen LogP contribution < -0.4 is 4.72 Å². The second-order valence-electron chi connectivity index (χ2n) is 5.49. The number of sulfonamides is 1. The first-order valence-electron chi connectivity index (χ1n) is 6.79. The molecular formula is C13H19NO5S2. The van der Waals surface area contributed by atoms with Crippen molar-refractivity contribution in [3.63, 3.8) is 0 Å². The molecule has 1 heterocycles. The van der Waals surface area contributed by atoms with E-state index in [-0.39, 0.29) is 16.3 Å². The van der Waals surface area contributed by atoms with Gasteiger partial charge in [0.05, 0.1) is 5.60 Å². The minimum Gasteiger partial charge on any atom is -0.477 e. The standard InChI is InChI=1S/C13H19NO5S2/c1-9-7-20-10(12(15)16)11(9)21(18,19)14-8-13(17)5-3-2-4-6-13/h7,14,17H,2-6,8H2,1H3,(H,15,16). The zero-order valence-corrected chi connectivity index (χ0v) is 13.4. The van der Waals surface area contributed by atoms with Gasteiger partial charge in [-0.25, -0.2) is 17.9 Å². The van der Waals surface area contributed by atoms with Gasteiger partial charge in [-0.15, -0.1) is 11.3 Å². The van der Waals surface area contributed by atoms with E-state index in [0.29, 0.717) is 18.4 Å². The average molecular weight is 333 g/mol. The first-order valence-corrected chi connectivity index (χ1v) is 9.15. The fourth-order valence-electron chi connectivity index (χ4n) is 2.60. The second-order valence-corrected chi connectivity index (χ2v) is 8.08. The highest BCUT2D eigenvalue weighted by Crippen LogP contribution is 2.30. The van der Waals surface area contributed by atoms with Gasteiger partial charge in [0.15, 0.2) is 0 Å². The SMILES string of the molecule is Cc1csc(C(=O)O)c1S(=O)(=O)NCC1(O)CCCCC1. The summed E-state index contributed by atoms with van der Waals surface area (Å²) < 4.78 is 27.1. The van der Waals surface area contributed by atoms with Gasteiger partial charge in [0.25, 0.3) is 0 Å². The minimum absolute atomic E-state index is 0.0797. The van der Waals surface area contributed by atoms with E-state index < -0.39 is 21.6 Å². The van der Waals surface area contributed by atoms with Crippen molar-refractivity contribution < 1.29 is 23.4 Å². The normalized spacial score (nSPS) is 18.6.